The lowest BCUT2D eigenvalue weighted by atomic mass is 9.86. The molecule has 2 fully saturated rings. The van der Waals surface area contributed by atoms with Gasteiger partial charge in [0.05, 0.1) is 23.9 Å². The molecule has 2 saturated heterocycles. The van der Waals surface area contributed by atoms with Crippen LogP contribution in [0.15, 0.2) is 34.5 Å². The zero-order valence-electron chi connectivity index (χ0n) is 24.1. The lowest BCUT2D eigenvalue weighted by Gasteiger charge is -2.54. The third kappa shape index (κ3) is 5.99. The van der Waals surface area contributed by atoms with Crippen LogP contribution in [0.4, 0.5) is 0 Å². The van der Waals surface area contributed by atoms with Gasteiger partial charge < -0.3 is 25.1 Å². The van der Waals surface area contributed by atoms with Crippen molar-refractivity contribution in [3.05, 3.63) is 40.9 Å². The second-order valence-electron chi connectivity index (χ2n) is 11.8. The van der Waals surface area contributed by atoms with Crippen LogP contribution in [0.25, 0.3) is 11.0 Å². The smallest absolute Gasteiger partial charge is 0.355 e. The second-order valence-corrected chi connectivity index (χ2v) is 12.9. The number of nitrogens with one attached hydrogen (secondary N) is 1. The minimum Gasteiger partial charge on any atom is -0.461 e. The summed E-state index contributed by atoms with van der Waals surface area (Å²) in [6.45, 7) is 9.05. The highest BCUT2D eigenvalue weighted by molar-refractivity contribution is 8.00. The van der Waals surface area contributed by atoms with Crippen molar-refractivity contribution in [3.8, 4) is 0 Å². The van der Waals surface area contributed by atoms with Crippen molar-refractivity contribution < 1.29 is 23.9 Å². The van der Waals surface area contributed by atoms with Crippen molar-refractivity contribution in [3.63, 3.8) is 0 Å². The molecule has 1 aromatic heterocycles. The SMILES string of the molecule is CC(=O)OCC1=C(C(=O)OC(C)(C)C)N2C(=O)C(N)(c3nc4cc(CN=CN5CCCCCC5)ccc4[nH]3)[C@@H]2SC1. The van der Waals surface area contributed by atoms with E-state index >= 15 is 0 Å². The highest BCUT2D eigenvalue weighted by Crippen LogP contribution is 2.49. The number of hydrogen-bond acceptors (Lipinski definition) is 9. The fourth-order valence-corrected chi connectivity index (χ4v) is 6.70. The maximum absolute atomic E-state index is 13.7. The van der Waals surface area contributed by atoms with Crippen molar-refractivity contribution in [1.82, 2.24) is 19.8 Å². The molecule has 1 amide bonds. The van der Waals surface area contributed by atoms with Gasteiger partial charge in [0.1, 0.15) is 29.1 Å². The number of H-pyrrole nitrogens is 1. The number of β-lactam (4-membered cyclic amide) rings is 1. The lowest BCUT2D eigenvalue weighted by Crippen LogP contribution is -2.76. The zero-order chi connectivity index (χ0) is 29.4. The largest absolute Gasteiger partial charge is 0.461 e. The summed E-state index contributed by atoms with van der Waals surface area (Å²) in [5, 5.41) is -0.586. The molecular formula is C29H38N6O5S. The van der Waals surface area contributed by atoms with Crippen molar-refractivity contribution in [1.29, 1.82) is 0 Å². The molecule has 3 aliphatic heterocycles. The van der Waals surface area contributed by atoms with Gasteiger partial charge in [-0.25, -0.2) is 9.78 Å². The van der Waals surface area contributed by atoms with E-state index in [0.29, 0.717) is 29.2 Å². The van der Waals surface area contributed by atoms with Gasteiger partial charge in [-0.3, -0.25) is 19.5 Å². The first kappa shape index (κ1) is 29.1. The van der Waals surface area contributed by atoms with Crippen LogP contribution in [-0.4, -0.2) is 80.4 Å². The maximum atomic E-state index is 13.7. The van der Waals surface area contributed by atoms with Crippen LogP contribution in [-0.2, 0) is 35.9 Å². The Bertz CT molecular complexity index is 1400. The summed E-state index contributed by atoms with van der Waals surface area (Å²) in [6.07, 6.45) is 6.91. The number of carbonyl (C=O) groups is 3. The molecule has 12 heteroatoms. The molecule has 1 aromatic carbocycles. The first-order chi connectivity index (χ1) is 19.5. The molecule has 1 unspecified atom stereocenters. The van der Waals surface area contributed by atoms with E-state index < -0.39 is 34.4 Å². The predicted octanol–water partition coefficient (Wildman–Crippen LogP) is 3.20. The third-order valence-corrected chi connectivity index (χ3v) is 8.74. The molecule has 5 rings (SSSR count). The molecular weight excluding hydrogens is 544 g/mol. The van der Waals surface area contributed by atoms with Gasteiger partial charge in [-0.1, -0.05) is 18.9 Å². The van der Waals surface area contributed by atoms with E-state index in [1.54, 1.807) is 20.8 Å². The van der Waals surface area contributed by atoms with Crippen LogP contribution in [0, 0.1) is 0 Å². The fraction of sp³-hybridized carbons (Fsp3) is 0.552. The van der Waals surface area contributed by atoms with Gasteiger partial charge in [0.25, 0.3) is 5.91 Å². The van der Waals surface area contributed by atoms with Crippen LogP contribution in [0.1, 0.15) is 64.8 Å². The Morgan fingerprint density at radius 3 is 2.66 bits per heavy atom. The standard InChI is InChI=1S/C29H38N6O5S/c1-18(36)39-15-20-16-41-27-29(30,26(38)35(27)23(20)24(37)40-28(2,3)4)25-32-21-10-9-19(13-22(21)33-25)14-31-17-34-11-7-5-6-8-12-34/h9-10,13,17,27H,5-8,11-12,14-16,30H2,1-4H3,(H,32,33)/t27-,29?/m0/s1. The number of ether oxygens (including phenoxy) is 2. The van der Waals surface area contributed by atoms with E-state index in [2.05, 4.69) is 14.9 Å². The predicted molar refractivity (Wildman–Crippen MR) is 157 cm³/mol. The Labute approximate surface area is 243 Å². The van der Waals surface area contributed by atoms with Gasteiger partial charge in [0, 0.05) is 31.3 Å². The number of rotatable bonds is 7. The van der Waals surface area contributed by atoms with Crippen LogP contribution in [0.3, 0.4) is 0 Å². The summed E-state index contributed by atoms with van der Waals surface area (Å²) in [5.74, 6) is -0.934. The number of esters is 2. The molecule has 220 valence electrons. The number of imidazole rings is 1. The van der Waals surface area contributed by atoms with Crippen LogP contribution in [0.2, 0.25) is 0 Å². The summed E-state index contributed by atoms with van der Waals surface area (Å²) < 4.78 is 10.8. The summed E-state index contributed by atoms with van der Waals surface area (Å²) >= 11 is 1.40. The molecule has 0 saturated carbocycles. The number of thioether (sulfide) groups is 1. The molecule has 0 radical (unpaired) electrons. The Morgan fingerprint density at radius 2 is 1.98 bits per heavy atom. The molecule has 4 heterocycles. The number of nitrogens with two attached hydrogens (primary N) is 1. The molecule has 3 N–H and O–H groups in total. The average Bonchev–Trinajstić information content (AvgIpc) is 3.17. The third-order valence-electron chi connectivity index (χ3n) is 7.33. The van der Waals surface area contributed by atoms with Crippen LogP contribution >= 0.6 is 11.8 Å². The number of likely N-dealkylation sites (tertiary alicyclic amines) is 1. The van der Waals surface area contributed by atoms with Crippen molar-refractivity contribution in [2.45, 2.75) is 76.4 Å². The Kier molecular flexibility index (Phi) is 8.15. The van der Waals surface area contributed by atoms with Gasteiger partial charge >= 0.3 is 11.9 Å². The lowest BCUT2D eigenvalue weighted by molar-refractivity contribution is -0.162. The Hall–Kier alpha value is -3.38. The first-order valence-corrected chi connectivity index (χ1v) is 15.1. The van der Waals surface area contributed by atoms with Gasteiger partial charge in [0.2, 0.25) is 0 Å². The van der Waals surface area contributed by atoms with Crippen molar-refractivity contribution in [2.75, 3.05) is 25.4 Å². The Balaban J connectivity index is 1.37. The summed E-state index contributed by atoms with van der Waals surface area (Å²) in [6, 6.07) is 5.86. The molecule has 2 atom stereocenters. The average molecular weight is 583 g/mol. The summed E-state index contributed by atoms with van der Waals surface area (Å²) in [7, 11) is 0. The maximum Gasteiger partial charge on any atom is 0.355 e. The number of amides is 1. The van der Waals surface area contributed by atoms with E-state index in [1.165, 1.54) is 49.3 Å². The number of aromatic amines is 1. The molecule has 0 aliphatic carbocycles. The summed E-state index contributed by atoms with van der Waals surface area (Å²) in [4.78, 5) is 54.6. The van der Waals surface area contributed by atoms with E-state index in [-0.39, 0.29) is 12.3 Å². The molecule has 0 spiro atoms. The number of fused-ring (bicyclic) bond motifs is 2. The topological polar surface area (TPSA) is 143 Å². The molecule has 41 heavy (non-hydrogen) atoms. The van der Waals surface area contributed by atoms with Crippen molar-refractivity contribution in [2.24, 2.45) is 10.7 Å². The monoisotopic (exact) mass is 582 g/mol. The second kappa shape index (κ2) is 11.5. The fourth-order valence-electron chi connectivity index (χ4n) is 5.30. The first-order valence-electron chi connectivity index (χ1n) is 14.0. The molecule has 11 nitrogen and oxygen atoms in total. The number of aromatic nitrogens is 2. The molecule has 3 aliphatic rings. The normalized spacial score (nSPS) is 23.4. The minimum atomic E-state index is -1.46. The molecule has 0 bridgehead atoms. The summed E-state index contributed by atoms with van der Waals surface area (Å²) in [5.41, 5.74) is 7.56. The quantitative estimate of drug-likeness (QED) is 0.218. The zero-order valence-corrected chi connectivity index (χ0v) is 24.9. The Morgan fingerprint density at radius 1 is 1.24 bits per heavy atom. The number of carbonyl (C=O) groups excluding carboxylic acids is 3. The van der Waals surface area contributed by atoms with Gasteiger partial charge in [-0.05, 0) is 51.3 Å². The minimum absolute atomic E-state index is 0.0802. The highest BCUT2D eigenvalue weighted by Gasteiger charge is 2.65. The number of aliphatic imine (C=N–C) groups is 1. The number of hydrogen-bond donors (Lipinski definition) is 2. The molecule has 2 aromatic rings. The van der Waals surface area contributed by atoms with E-state index in [1.807, 2.05) is 24.5 Å². The van der Waals surface area contributed by atoms with Crippen LogP contribution in [0.5, 0.6) is 0 Å². The number of nitrogens with zero attached hydrogens (tertiary/aromatic N) is 4. The number of benzene rings is 1. The van der Waals surface area contributed by atoms with Crippen LogP contribution < -0.4 is 5.73 Å². The van der Waals surface area contributed by atoms with E-state index in [9.17, 15) is 14.4 Å². The van der Waals surface area contributed by atoms with E-state index in [0.717, 1.165) is 24.2 Å². The van der Waals surface area contributed by atoms with Crippen molar-refractivity contribution >= 4 is 47.0 Å². The van der Waals surface area contributed by atoms with Gasteiger partial charge in [-0.15, -0.1) is 11.8 Å². The van der Waals surface area contributed by atoms with E-state index in [4.69, 9.17) is 20.2 Å². The highest BCUT2D eigenvalue weighted by atomic mass is 32.2. The van der Waals surface area contributed by atoms with Gasteiger partial charge in [-0.2, -0.15) is 0 Å². The van der Waals surface area contributed by atoms with Gasteiger partial charge in [0.15, 0.2) is 5.54 Å².